The molecule has 1 atom stereocenters. The maximum Gasteiger partial charge on any atom is 0.237 e. The number of rotatable bonds is 4. The number of likely N-dealkylation sites (tertiary alicyclic amines) is 1. The maximum atomic E-state index is 12.0. The van der Waals surface area contributed by atoms with Gasteiger partial charge in [0.2, 0.25) is 5.91 Å². The highest BCUT2D eigenvalue weighted by Crippen LogP contribution is 2.31. The van der Waals surface area contributed by atoms with Crippen molar-refractivity contribution in [1.82, 2.24) is 15.2 Å². The molecule has 0 spiro atoms. The Bertz CT molecular complexity index is 366. The summed E-state index contributed by atoms with van der Waals surface area (Å²) in [6.07, 6.45) is 5.76. The van der Waals surface area contributed by atoms with Gasteiger partial charge in [-0.1, -0.05) is 13.0 Å². The van der Waals surface area contributed by atoms with Gasteiger partial charge < -0.3 is 10.2 Å². The third-order valence-electron chi connectivity index (χ3n) is 3.17. The summed E-state index contributed by atoms with van der Waals surface area (Å²) in [4.78, 5) is 18.1. The summed E-state index contributed by atoms with van der Waals surface area (Å²) >= 11 is 0. The molecule has 0 bridgehead atoms. The zero-order valence-electron chi connectivity index (χ0n) is 10.2. The van der Waals surface area contributed by atoms with E-state index in [1.165, 1.54) is 0 Å². The fourth-order valence-electron chi connectivity index (χ4n) is 2.32. The van der Waals surface area contributed by atoms with Crippen molar-refractivity contribution in [3.63, 3.8) is 0 Å². The summed E-state index contributed by atoms with van der Waals surface area (Å²) in [5.74, 6) is 0.193. The molecule has 2 rings (SSSR count). The molecule has 4 heteroatoms. The Morgan fingerprint density at radius 2 is 2.53 bits per heavy atom. The van der Waals surface area contributed by atoms with Crippen LogP contribution in [0.4, 0.5) is 0 Å². The number of likely N-dealkylation sites (N-methyl/N-ethyl adjacent to an activating group) is 1. The molecule has 92 valence electrons. The molecule has 0 aromatic carbocycles. The standard InChI is InChI=1S/C13H19N3O/c1-2-14-10-13(17)16-8-4-6-12(16)11-5-3-7-15-9-11/h3,5,7,9,12,14H,2,4,6,8,10H2,1H3. The van der Waals surface area contributed by atoms with Gasteiger partial charge in [-0.15, -0.1) is 0 Å². The number of amides is 1. The van der Waals surface area contributed by atoms with Crippen molar-refractivity contribution < 1.29 is 4.79 Å². The molecule has 1 unspecified atom stereocenters. The van der Waals surface area contributed by atoms with Gasteiger partial charge in [0.05, 0.1) is 12.6 Å². The summed E-state index contributed by atoms with van der Waals surface area (Å²) in [6.45, 7) is 4.14. The number of hydrogen-bond donors (Lipinski definition) is 1. The van der Waals surface area contributed by atoms with E-state index in [1.807, 2.05) is 24.1 Å². The van der Waals surface area contributed by atoms with Crippen LogP contribution in [-0.2, 0) is 4.79 Å². The minimum absolute atomic E-state index is 0.193. The highest BCUT2D eigenvalue weighted by Gasteiger charge is 2.29. The highest BCUT2D eigenvalue weighted by atomic mass is 16.2. The number of carbonyl (C=O) groups excluding carboxylic acids is 1. The zero-order valence-corrected chi connectivity index (χ0v) is 10.2. The second kappa shape index (κ2) is 5.77. The lowest BCUT2D eigenvalue weighted by Crippen LogP contribution is -2.37. The quantitative estimate of drug-likeness (QED) is 0.854. The first-order valence-corrected chi connectivity index (χ1v) is 6.23. The van der Waals surface area contributed by atoms with Gasteiger partial charge in [0.1, 0.15) is 0 Å². The number of nitrogens with one attached hydrogen (secondary N) is 1. The fraction of sp³-hybridized carbons (Fsp3) is 0.538. The van der Waals surface area contributed by atoms with E-state index in [9.17, 15) is 4.79 Å². The van der Waals surface area contributed by atoms with E-state index in [0.717, 1.165) is 31.5 Å². The number of pyridine rings is 1. The molecular formula is C13H19N3O. The van der Waals surface area contributed by atoms with E-state index in [1.54, 1.807) is 6.20 Å². The molecule has 4 nitrogen and oxygen atoms in total. The Hall–Kier alpha value is -1.42. The Labute approximate surface area is 102 Å². The molecule has 0 aliphatic carbocycles. The van der Waals surface area contributed by atoms with Crippen LogP contribution in [0.3, 0.4) is 0 Å². The van der Waals surface area contributed by atoms with E-state index in [4.69, 9.17) is 0 Å². The third-order valence-corrected chi connectivity index (χ3v) is 3.17. The van der Waals surface area contributed by atoms with E-state index in [2.05, 4.69) is 16.4 Å². The van der Waals surface area contributed by atoms with E-state index >= 15 is 0 Å². The molecule has 0 saturated carbocycles. The average Bonchev–Trinajstić information content (AvgIpc) is 2.86. The largest absolute Gasteiger partial charge is 0.334 e. The Kier molecular flexibility index (Phi) is 4.09. The molecule has 1 aliphatic rings. The summed E-state index contributed by atoms with van der Waals surface area (Å²) in [5.41, 5.74) is 1.15. The van der Waals surface area contributed by atoms with Crippen LogP contribution < -0.4 is 5.32 Å². The first-order chi connectivity index (χ1) is 8.33. The highest BCUT2D eigenvalue weighted by molar-refractivity contribution is 5.79. The first-order valence-electron chi connectivity index (χ1n) is 6.23. The molecule has 1 aromatic heterocycles. The minimum Gasteiger partial charge on any atom is -0.334 e. The molecule has 1 amide bonds. The molecule has 1 N–H and O–H groups in total. The van der Waals surface area contributed by atoms with Crippen LogP contribution in [0, 0.1) is 0 Å². The van der Waals surface area contributed by atoms with Gasteiger partial charge in [-0.25, -0.2) is 0 Å². The average molecular weight is 233 g/mol. The SMILES string of the molecule is CCNCC(=O)N1CCCC1c1cccnc1. The monoisotopic (exact) mass is 233 g/mol. The van der Waals surface area contributed by atoms with Crippen molar-refractivity contribution in [3.8, 4) is 0 Å². The normalized spacial score (nSPS) is 19.6. The lowest BCUT2D eigenvalue weighted by atomic mass is 10.1. The molecular weight excluding hydrogens is 214 g/mol. The lowest BCUT2D eigenvalue weighted by molar-refractivity contribution is -0.131. The van der Waals surface area contributed by atoms with Crippen molar-refractivity contribution in [2.75, 3.05) is 19.6 Å². The van der Waals surface area contributed by atoms with E-state index in [-0.39, 0.29) is 11.9 Å². The second-order valence-corrected chi connectivity index (χ2v) is 4.31. The Balaban J connectivity index is 2.05. The molecule has 1 saturated heterocycles. The fourth-order valence-corrected chi connectivity index (χ4v) is 2.32. The third kappa shape index (κ3) is 2.82. The number of carbonyl (C=O) groups is 1. The van der Waals surface area contributed by atoms with Gasteiger partial charge in [0.25, 0.3) is 0 Å². The second-order valence-electron chi connectivity index (χ2n) is 4.31. The molecule has 2 heterocycles. The molecule has 0 radical (unpaired) electrons. The maximum absolute atomic E-state index is 12.0. The van der Waals surface area contributed by atoms with Crippen LogP contribution >= 0.6 is 0 Å². The molecule has 1 fully saturated rings. The van der Waals surface area contributed by atoms with Crippen molar-refractivity contribution >= 4 is 5.91 Å². The van der Waals surface area contributed by atoms with Crippen LogP contribution in [0.5, 0.6) is 0 Å². The topological polar surface area (TPSA) is 45.2 Å². The Morgan fingerprint density at radius 1 is 1.65 bits per heavy atom. The predicted octanol–water partition coefficient (Wildman–Crippen LogP) is 1.35. The van der Waals surface area contributed by atoms with E-state index < -0.39 is 0 Å². The van der Waals surface area contributed by atoms with Crippen molar-refractivity contribution in [3.05, 3.63) is 30.1 Å². The predicted molar refractivity (Wildman–Crippen MR) is 66.5 cm³/mol. The lowest BCUT2D eigenvalue weighted by Gasteiger charge is -2.25. The summed E-state index contributed by atoms with van der Waals surface area (Å²) in [5, 5.41) is 3.09. The van der Waals surface area contributed by atoms with Gasteiger partial charge in [-0.2, -0.15) is 0 Å². The van der Waals surface area contributed by atoms with Crippen LogP contribution in [0.25, 0.3) is 0 Å². The van der Waals surface area contributed by atoms with Crippen molar-refractivity contribution in [2.24, 2.45) is 0 Å². The zero-order chi connectivity index (χ0) is 12.1. The van der Waals surface area contributed by atoms with Gasteiger partial charge >= 0.3 is 0 Å². The van der Waals surface area contributed by atoms with Crippen LogP contribution in [-0.4, -0.2) is 35.4 Å². The van der Waals surface area contributed by atoms with Gasteiger partial charge in [0, 0.05) is 18.9 Å². The van der Waals surface area contributed by atoms with Crippen LogP contribution in [0.1, 0.15) is 31.4 Å². The number of hydrogen-bond acceptors (Lipinski definition) is 3. The van der Waals surface area contributed by atoms with Crippen molar-refractivity contribution in [1.29, 1.82) is 0 Å². The van der Waals surface area contributed by atoms with Gasteiger partial charge in [-0.05, 0) is 31.0 Å². The number of aromatic nitrogens is 1. The van der Waals surface area contributed by atoms with Crippen LogP contribution in [0.15, 0.2) is 24.5 Å². The summed E-state index contributed by atoms with van der Waals surface area (Å²) < 4.78 is 0. The van der Waals surface area contributed by atoms with Gasteiger partial charge in [-0.3, -0.25) is 9.78 Å². The molecule has 1 aliphatic heterocycles. The van der Waals surface area contributed by atoms with Gasteiger partial charge in [0.15, 0.2) is 0 Å². The van der Waals surface area contributed by atoms with Crippen molar-refractivity contribution in [2.45, 2.75) is 25.8 Å². The first kappa shape index (κ1) is 12.0. The minimum atomic E-state index is 0.193. The van der Waals surface area contributed by atoms with E-state index in [0.29, 0.717) is 6.54 Å². The van der Waals surface area contributed by atoms with Crippen LogP contribution in [0.2, 0.25) is 0 Å². The summed E-state index contributed by atoms with van der Waals surface area (Å²) in [6, 6.07) is 4.20. The summed E-state index contributed by atoms with van der Waals surface area (Å²) in [7, 11) is 0. The Morgan fingerprint density at radius 3 is 3.24 bits per heavy atom. The molecule has 1 aromatic rings. The smallest absolute Gasteiger partial charge is 0.237 e. The molecule has 17 heavy (non-hydrogen) atoms. The number of nitrogens with zero attached hydrogens (tertiary/aromatic N) is 2.